The van der Waals surface area contributed by atoms with Crippen molar-refractivity contribution in [1.29, 1.82) is 0 Å². The molecule has 2 N–H and O–H groups in total. The lowest BCUT2D eigenvalue weighted by Crippen LogP contribution is -2.38. The molecule has 0 radical (unpaired) electrons. The number of guanidine groups is 1. The van der Waals surface area contributed by atoms with Gasteiger partial charge in [-0.2, -0.15) is 0 Å². The maximum atomic E-state index is 5.30. The van der Waals surface area contributed by atoms with Crippen LogP contribution in [0.2, 0.25) is 0 Å². The molecule has 0 aliphatic heterocycles. The van der Waals surface area contributed by atoms with Gasteiger partial charge in [-0.05, 0) is 37.8 Å². The number of nitrogens with zero attached hydrogens (tertiary/aromatic N) is 1. The smallest absolute Gasteiger partial charge is 0.191 e. The van der Waals surface area contributed by atoms with E-state index < -0.39 is 0 Å². The summed E-state index contributed by atoms with van der Waals surface area (Å²) in [5, 5.41) is 6.59. The topological polar surface area (TPSA) is 49.6 Å². The summed E-state index contributed by atoms with van der Waals surface area (Å²) in [6.07, 6.45) is 4.96. The molecule has 1 aromatic heterocycles. The fourth-order valence-corrected chi connectivity index (χ4v) is 1.79. The van der Waals surface area contributed by atoms with Gasteiger partial charge in [-0.25, -0.2) is 0 Å². The molecule has 0 aromatic carbocycles. The Morgan fingerprint density at radius 3 is 2.84 bits per heavy atom. The van der Waals surface area contributed by atoms with Crippen molar-refractivity contribution < 1.29 is 4.42 Å². The van der Waals surface area contributed by atoms with Crippen LogP contribution in [0.4, 0.5) is 0 Å². The number of aliphatic imine (C=N–C) groups is 1. The first-order valence-electron chi connectivity index (χ1n) is 7.27. The Balaban J connectivity index is 2.24. The Morgan fingerprint density at radius 2 is 2.21 bits per heavy atom. The van der Waals surface area contributed by atoms with E-state index in [1.165, 1.54) is 6.42 Å². The van der Waals surface area contributed by atoms with E-state index >= 15 is 0 Å². The van der Waals surface area contributed by atoms with Gasteiger partial charge in [-0.1, -0.05) is 13.8 Å². The largest absolute Gasteiger partial charge is 0.469 e. The van der Waals surface area contributed by atoms with Crippen LogP contribution in [0.1, 0.15) is 39.4 Å². The van der Waals surface area contributed by atoms with Gasteiger partial charge in [0.25, 0.3) is 0 Å². The molecule has 0 aliphatic carbocycles. The van der Waals surface area contributed by atoms with E-state index in [0.29, 0.717) is 0 Å². The molecule has 1 heterocycles. The van der Waals surface area contributed by atoms with Gasteiger partial charge in [0.1, 0.15) is 5.76 Å². The van der Waals surface area contributed by atoms with Crippen LogP contribution in [-0.4, -0.2) is 25.6 Å². The monoisotopic (exact) mass is 265 g/mol. The highest BCUT2D eigenvalue weighted by Gasteiger charge is 1.99. The third kappa shape index (κ3) is 7.54. The van der Waals surface area contributed by atoms with Gasteiger partial charge in [0.2, 0.25) is 0 Å². The van der Waals surface area contributed by atoms with E-state index in [2.05, 4.69) is 36.4 Å². The van der Waals surface area contributed by atoms with Gasteiger partial charge >= 0.3 is 0 Å². The zero-order valence-electron chi connectivity index (χ0n) is 12.4. The Kier molecular flexibility index (Phi) is 7.78. The second-order valence-corrected chi connectivity index (χ2v) is 5.05. The SMILES string of the molecule is CCNC(=NCCCC(C)C)NCCc1ccco1. The lowest BCUT2D eigenvalue weighted by Gasteiger charge is -2.10. The molecule has 4 nitrogen and oxygen atoms in total. The van der Waals surface area contributed by atoms with E-state index in [1.807, 2.05) is 12.1 Å². The lowest BCUT2D eigenvalue weighted by atomic mass is 10.1. The second kappa shape index (κ2) is 9.48. The van der Waals surface area contributed by atoms with Crippen molar-refractivity contribution in [2.45, 2.75) is 40.0 Å². The number of hydrogen-bond acceptors (Lipinski definition) is 2. The molecule has 0 saturated carbocycles. The van der Waals surface area contributed by atoms with Crippen LogP contribution in [0.5, 0.6) is 0 Å². The van der Waals surface area contributed by atoms with Crippen molar-refractivity contribution in [3.8, 4) is 0 Å². The number of furan rings is 1. The summed E-state index contributed by atoms with van der Waals surface area (Å²) in [5.74, 6) is 2.66. The van der Waals surface area contributed by atoms with Gasteiger partial charge < -0.3 is 15.1 Å². The highest BCUT2D eigenvalue weighted by molar-refractivity contribution is 5.79. The molecule has 108 valence electrons. The van der Waals surface area contributed by atoms with Crippen LogP contribution in [0.25, 0.3) is 0 Å². The van der Waals surface area contributed by atoms with Gasteiger partial charge in [-0.15, -0.1) is 0 Å². The zero-order valence-corrected chi connectivity index (χ0v) is 12.4. The predicted octanol–water partition coefficient (Wildman–Crippen LogP) is 2.81. The molecule has 0 fully saturated rings. The van der Waals surface area contributed by atoms with Crippen LogP contribution in [0, 0.1) is 5.92 Å². The average molecular weight is 265 g/mol. The van der Waals surface area contributed by atoms with Gasteiger partial charge in [0, 0.05) is 26.1 Å². The van der Waals surface area contributed by atoms with E-state index in [4.69, 9.17) is 4.42 Å². The normalized spacial score (nSPS) is 11.9. The molecule has 1 aromatic rings. The molecule has 0 amide bonds. The van der Waals surface area contributed by atoms with E-state index in [0.717, 1.165) is 50.1 Å². The van der Waals surface area contributed by atoms with E-state index in [9.17, 15) is 0 Å². The molecule has 0 bridgehead atoms. The summed E-state index contributed by atoms with van der Waals surface area (Å²) in [6.45, 7) is 9.18. The summed E-state index contributed by atoms with van der Waals surface area (Å²) in [6, 6.07) is 3.91. The standard InChI is InChI=1S/C15H27N3O/c1-4-16-15(17-10-5-7-13(2)3)18-11-9-14-8-6-12-19-14/h6,8,12-13H,4-5,7,9-11H2,1-3H3,(H2,16,17,18). The summed E-state index contributed by atoms with van der Waals surface area (Å²) in [5.41, 5.74) is 0. The average Bonchev–Trinajstić information content (AvgIpc) is 2.87. The Labute approximate surface area is 116 Å². The minimum Gasteiger partial charge on any atom is -0.469 e. The van der Waals surface area contributed by atoms with Crippen molar-refractivity contribution in [1.82, 2.24) is 10.6 Å². The van der Waals surface area contributed by atoms with Gasteiger partial charge in [0.05, 0.1) is 6.26 Å². The van der Waals surface area contributed by atoms with Crippen LogP contribution in [-0.2, 0) is 6.42 Å². The van der Waals surface area contributed by atoms with Crippen molar-refractivity contribution in [2.75, 3.05) is 19.6 Å². The van der Waals surface area contributed by atoms with Gasteiger partial charge in [-0.3, -0.25) is 4.99 Å². The van der Waals surface area contributed by atoms with Crippen LogP contribution in [0.3, 0.4) is 0 Å². The zero-order chi connectivity index (χ0) is 13.9. The maximum Gasteiger partial charge on any atom is 0.191 e. The molecule has 1 rings (SSSR count). The molecule has 0 atom stereocenters. The fraction of sp³-hybridized carbons (Fsp3) is 0.667. The van der Waals surface area contributed by atoms with Crippen molar-refractivity contribution >= 4 is 5.96 Å². The summed E-state index contributed by atoms with van der Waals surface area (Å²) in [4.78, 5) is 4.57. The maximum absolute atomic E-state index is 5.30. The second-order valence-electron chi connectivity index (χ2n) is 5.05. The Hall–Kier alpha value is -1.45. The van der Waals surface area contributed by atoms with Crippen molar-refractivity contribution in [2.24, 2.45) is 10.9 Å². The molecule has 4 heteroatoms. The predicted molar refractivity (Wildman–Crippen MR) is 80.5 cm³/mol. The third-order valence-electron chi connectivity index (χ3n) is 2.80. The number of hydrogen-bond donors (Lipinski definition) is 2. The molecule has 0 spiro atoms. The molecule has 19 heavy (non-hydrogen) atoms. The highest BCUT2D eigenvalue weighted by atomic mass is 16.3. The fourth-order valence-electron chi connectivity index (χ4n) is 1.79. The van der Waals surface area contributed by atoms with Crippen molar-refractivity contribution in [3.63, 3.8) is 0 Å². The minimum atomic E-state index is 0.754. The summed E-state index contributed by atoms with van der Waals surface area (Å²) < 4.78 is 5.30. The first-order valence-corrected chi connectivity index (χ1v) is 7.27. The number of rotatable bonds is 8. The van der Waals surface area contributed by atoms with Crippen LogP contribution in [0.15, 0.2) is 27.8 Å². The molecule has 0 saturated heterocycles. The van der Waals surface area contributed by atoms with Crippen LogP contribution >= 0.6 is 0 Å². The van der Waals surface area contributed by atoms with Crippen LogP contribution < -0.4 is 10.6 Å². The Bertz CT molecular complexity index is 344. The molecule has 0 unspecified atom stereocenters. The quantitative estimate of drug-likeness (QED) is 0.432. The van der Waals surface area contributed by atoms with Crippen molar-refractivity contribution in [3.05, 3.63) is 24.2 Å². The molecular formula is C15H27N3O. The lowest BCUT2D eigenvalue weighted by molar-refractivity contribution is 0.506. The summed E-state index contributed by atoms with van der Waals surface area (Å²) >= 11 is 0. The first kappa shape index (κ1) is 15.6. The highest BCUT2D eigenvalue weighted by Crippen LogP contribution is 2.03. The minimum absolute atomic E-state index is 0.754. The Morgan fingerprint density at radius 1 is 1.37 bits per heavy atom. The molecule has 0 aliphatic rings. The third-order valence-corrected chi connectivity index (χ3v) is 2.80. The van der Waals surface area contributed by atoms with E-state index in [1.54, 1.807) is 6.26 Å². The number of nitrogens with one attached hydrogen (secondary N) is 2. The summed E-state index contributed by atoms with van der Waals surface area (Å²) in [7, 11) is 0. The van der Waals surface area contributed by atoms with Gasteiger partial charge in [0.15, 0.2) is 5.96 Å². The first-order chi connectivity index (χ1) is 9.22. The van der Waals surface area contributed by atoms with E-state index in [-0.39, 0.29) is 0 Å². The molecular weight excluding hydrogens is 238 g/mol.